The fourth-order valence-electron chi connectivity index (χ4n) is 2.77. The summed E-state index contributed by atoms with van der Waals surface area (Å²) in [6.07, 6.45) is 1.85. The van der Waals surface area contributed by atoms with E-state index >= 15 is 0 Å². The van der Waals surface area contributed by atoms with Crippen molar-refractivity contribution in [2.24, 2.45) is 14.1 Å². The van der Waals surface area contributed by atoms with E-state index in [2.05, 4.69) is 6.07 Å². The summed E-state index contributed by atoms with van der Waals surface area (Å²) in [7, 11) is 3.51. The van der Waals surface area contributed by atoms with Crippen LogP contribution in [0.2, 0.25) is 0 Å². The van der Waals surface area contributed by atoms with Gasteiger partial charge in [-0.1, -0.05) is 35.9 Å². The molecule has 0 fully saturated rings. The van der Waals surface area contributed by atoms with Crippen molar-refractivity contribution < 1.29 is 0 Å². The number of nitrogens with zero attached hydrogens (tertiary/aromatic N) is 3. The number of imidazole rings is 1. The van der Waals surface area contributed by atoms with E-state index in [0.717, 1.165) is 27.7 Å². The van der Waals surface area contributed by atoms with Gasteiger partial charge in [0.25, 0.3) is 0 Å². The molecule has 1 aromatic heterocycles. The Hall–Kier alpha value is -3.06. The molecule has 0 bridgehead atoms. The summed E-state index contributed by atoms with van der Waals surface area (Å²) in [6, 6.07) is 15.9. The lowest BCUT2D eigenvalue weighted by atomic mass is 10.0. The van der Waals surface area contributed by atoms with E-state index in [9.17, 15) is 10.1 Å². The van der Waals surface area contributed by atoms with Crippen LogP contribution in [0, 0.1) is 18.3 Å². The molecular weight excluding hydrogens is 286 g/mol. The van der Waals surface area contributed by atoms with Crippen LogP contribution in [0.25, 0.3) is 22.7 Å². The van der Waals surface area contributed by atoms with Gasteiger partial charge in [0.15, 0.2) is 0 Å². The molecule has 0 unspecified atom stereocenters. The number of fused-ring (bicyclic) bond motifs is 1. The summed E-state index contributed by atoms with van der Waals surface area (Å²) in [5, 5.41) is 9.47. The Morgan fingerprint density at radius 1 is 1.09 bits per heavy atom. The Morgan fingerprint density at radius 3 is 2.52 bits per heavy atom. The number of hydrogen-bond donors (Lipinski definition) is 0. The van der Waals surface area contributed by atoms with Crippen molar-refractivity contribution in [2.75, 3.05) is 0 Å². The molecule has 0 saturated heterocycles. The van der Waals surface area contributed by atoms with Gasteiger partial charge in [-0.25, -0.2) is 4.79 Å². The monoisotopic (exact) mass is 303 g/mol. The van der Waals surface area contributed by atoms with E-state index in [1.807, 2.05) is 55.5 Å². The first-order valence-electron chi connectivity index (χ1n) is 7.35. The molecule has 0 aliphatic carbocycles. The second kappa shape index (κ2) is 5.62. The van der Waals surface area contributed by atoms with Gasteiger partial charge < -0.3 is 0 Å². The highest BCUT2D eigenvalue weighted by molar-refractivity contribution is 5.91. The molecule has 0 aliphatic heterocycles. The average Bonchev–Trinajstić information content (AvgIpc) is 2.77. The SMILES string of the molecule is Cc1cccc(/C(C#N)=C/c2ccc3c(c2)n(C)c(=O)n3C)c1. The fourth-order valence-corrected chi connectivity index (χ4v) is 2.77. The minimum atomic E-state index is -0.0553. The third-order valence-corrected chi connectivity index (χ3v) is 4.06. The number of hydrogen-bond acceptors (Lipinski definition) is 2. The maximum absolute atomic E-state index is 12.0. The highest BCUT2D eigenvalue weighted by atomic mass is 16.1. The number of nitriles is 1. The lowest BCUT2D eigenvalue weighted by molar-refractivity contribution is 0.795. The summed E-state index contributed by atoms with van der Waals surface area (Å²) in [5.74, 6) is 0. The Bertz CT molecular complexity index is 1030. The zero-order valence-corrected chi connectivity index (χ0v) is 13.4. The quantitative estimate of drug-likeness (QED) is 0.539. The first-order valence-corrected chi connectivity index (χ1v) is 7.35. The summed E-state index contributed by atoms with van der Waals surface area (Å²) >= 11 is 0. The van der Waals surface area contributed by atoms with Crippen LogP contribution in [0.1, 0.15) is 16.7 Å². The number of aromatic nitrogens is 2. The minimum absolute atomic E-state index is 0.0553. The predicted octanol–water partition coefficient (Wildman–Crippen LogP) is 3.25. The van der Waals surface area contributed by atoms with Crippen molar-refractivity contribution in [3.63, 3.8) is 0 Å². The molecule has 0 N–H and O–H groups in total. The number of benzene rings is 2. The minimum Gasteiger partial charge on any atom is -0.295 e. The molecule has 3 rings (SSSR count). The van der Waals surface area contributed by atoms with Gasteiger partial charge >= 0.3 is 5.69 Å². The molecule has 0 saturated carbocycles. The average molecular weight is 303 g/mol. The van der Waals surface area contributed by atoms with Crippen molar-refractivity contribution >= 4 is 22.7 Å². The molecule has 1 heterocycles. The third kappa shape index (κ3) is 2.58. The maximum Gasteiger partial charge on any atom is 0.328 e. The van der Waals surface area contributed by atoms with Gasteiger partial charge in [0.1, 0.15) is 0 Å². The predicted molar refractivity (Wildman–Crippen MR) is 92.8 cm³/mol. The normalized spacial score (nSPS) is 11.7. The van der Waals surface area contributed by atoms with Gasteiger partial charge in [-0.05, 0) is 36.3 Å². The zero-order chi connectivity index (χ0) is 16.6. The molecule has 0 amide bonds. The zero-order valence-electron chi connectivity index (χ0n) is 13.4. The van der Waals surface area contributed by atoms with Crippen molar-refractivity contribution in [1.82, 2.24) is 9.13 Å². The second-order valence-electron chi connectivity index (χ2n) is 5.69. The topological polar surface area (TPSA) is 50.7 Å². The first-order chi connectivity index (χ1) is 11.0. The Balaban J connectivity index is 2.14. The summed E-state index contributed by atoms with van der Waals surface area (Å²) in [4.78, 5) is 12.0. The van der Waals surface area contributed by atoms with Crippen molar-refractivity contribution in [1.29, 1.82) is 5.26 Å². The van der Waals surface area contributed by atoms with E-state index in [4.69, 9.17) is 0 Å². The van der Waals surface area contributed by atoms with E-state index in [0.29, 0.717) is 5.57 Å². The van der Waals surface area contributed by atoms with Gasteiger partial charge in [0, 0.05) is 14.1 Å². The molecule has 4 heteroatoms. The van der Waals surface area contributed by atoms with Gasteiger partial charge in [-0.3, -0.25) is 9.13 Å². The first kappa shape index (κ1) is 14.9. The molecular formula is C19H17N3O. The molecule has 4 nitrogen and oxygen atoms in total. The lowest BCUT2D eigenvalue weighted by Gasteiger charge is -2.02. The van der Waals surface area contributed by atoms with Gasteiger partial charge in [-0.2, -0.15) is 5.26 Å². The van der Waals surface area contributed by atoms with Gasteiger partial charge in [0.05, 0.1) is 22.7 Å². The van der Waals surface area contributed by atoms with Crippen LogP contribution in [0.5, 0.6) is 0 Å². The molecule has 0 atom stereocenters. The Labute approximate surface area is 134 Å². The molecule has 0 radical (unpaired) electrons. The van der Waals surface area contributed by atoms with Crippen molar-refractivity contribution in [2.45, 2.75) is 6.92 Å². The number of aryl methyl sites for hydroxylation is 3. The smallest absolute Gasteiger partial charge is 0.295 e. The van der Waals surface area contributed by atoms with Crippen molar-refractivity contribution in [3.05, 3.63) is 69.6 Å². The Morgan fingerprint density at radius 2 is 1.83 bits per heavy atom. The maximum atomic E-state index is 12.0. The molecule has 2 aromatic carbocycles. The Kier molecular flexibility index (Phi) is 3.63. The van der Waals surface area contributed by atoms with E-state index in [1.54, 1.807) is 23.2 Å². The number of allylic oxidation sites excluding steroid dienone is 1. The summed E-state index contributed by atoms with van der Waals surface area (Å²) in [6.45, 7) is 2.00. The van der Waals surface area contributed by atoms with Crippen LogP contribution < -0.4 is 5.69 Å². The highest BCUT2D eigenvalue weighted by Crippen LogP contribution is 2.21. The van der Waals surface area contributed by atoms with E-state index in [-0.39, 0.29) is 5.69 Å². The highest BCUT2D eigenvalue weighted by Gasteiger charge is 2.08. The van der Waals surface area contributed by atoms with Crippen LogP contribution in [-0.4, -0.2) is 9.13 Å². The van der Waals surface area contributed by atoms with E-state index in [1.165, 1.54) is 0 Å². The van der Waals surface area contributed by atoms with Crippen molar-refractivity contribution in [3.8, 4) is 6.07 Å². The third-order valence-electron chi connectivity index (χ3n) is 4.06. The molecule has 3 aromatic rings. The molecule has 114 valence electrons. The van der Waals surface area contributed by atoms with E-state index < -0.39 is 0 Å². The molecule has 0 spiro atoms. The molecule has 23 heavy (non-hydrogen) atoms. The van der Waals surface area contributed by atoms with Crippen LogP contribution in [-0.2, 0) is 14.1 Å². The van der Waals surface area contributed by atoms with Gasteiger partial charge in [0.2, 0.25) is 0 Å². The van der Waals surface area contributed by atoms with Crippen LogP contribution in [0.4, 0.5) is 0 Å². The molecule has 0 aliphatic rings. The summed E-state index contributed by atoms with van der Waals surface area (Å²) in [5.41, 5.74) is 5.20. The second-order valence-corrected chi connectivity index (χ2v) is 5.69. The van der Waals surface area contributed by atoms with Crippen LogP contribution in [0.15, 0.2) is 47.3 Å². The van der Waals surface area contributed by atoms with Crippen LogP contribution in [0.3, 0.4) is 0 Å². The summed E-state index contributed by atoms with van der Waals surface area (Å²) < 4.78 is 3.24. The lowest BCUT2D eigenvalue weighted by Crippen LogP contribution is -2.19. The number of rotatable bonds is 2. The fraction of sp³-hybridized carbons (Fsp3) is 0.158. The van der Waals surface area contributed by atoms with Gasteiger partial charge in [-0.15, -0.1) is 0 Å². The largest absolute Gasteiger partial charge is 0.328 e. The standard InChI is InChI=1S/C19H17N3O/c1-13-5-4-6-15(9-13)16(12-20)10-14-7-8-17-18(11-14)22(3)19(23)21(17)2/h4-11H,1-3H3/b16-10+. The van der Waals surface area contributed by atoms with Crippen LogP contribution >= 0.6 is 0 Å².